The molecule has 4 aromatic heterocycles. The Morgan fingerprint density at radius 1 is 1.14 bits per heavy atom. The molecule has 1 saturated carbocycles. The summed E-state index contributed by atoms with van der Waals surface area (Å²) in [5, 5.41) is 23.4. The SMILES string of the molecule is CNc1cc(F)c(F)c2c1[nH]c1ncc(-c3cnc4c(c3)c(=O)c(C(O)O)cn4C)c(N3CC4CC[C@@H](CN(C)C)C4C3)c12. The molecule has 7 rings (SSSR count). The Morgan fingerprint density at radius 3 is 2.66 bits per heavy atom. The maximum absolute atomic E-state index is 15.8. The van der Waals surface area contributed by atoms with E-state index in [4.69, 9.17) is 0 Å². The maximum Gasteiger partial charge on any atom is 0.199 e. The highest BCUT2D eigenvalue weighted by molar-refractivity contribution is 6.18. The van der Waals surface area contributed by atoms with Gasteiger partial charge < -0.3 is 34.9 Å². The van der Waals surface area contributed by atoms with Gasteiger partial charge in [0.15, 0.2) is 23.4 Å². The molecule has 44 heavy (non-hydrogen) atoms. The predicted octanol–water partition coefficient (Wildman–Crippen LogP) is 3.96. The van der Waals surface area contributed by atoms with Gasteiger partial charge in [-0.2, -0.15) is 0 Å². The molecule has 1 saturated heterocycles. The van der Waals surface area contributed by atoms with Gasteiger partial charge >= 0.3 is 0 Å². The van der Waals surface area contributed by atoms with Crippen molar-refractivity contribution in [2.24, 2.45) is 24.8 Å². The van der Waals surface area contributed by atoms with Gasteiger partial charge in [0, 0.05) is 69.5 Å². The van der Waals surface area contributed by atoms with Crippen LogP contribution in [0.15, 0.2) is 35.5 Å². The largest absolute Gasteiger partial charge is 0.386 e. The van der Waals surface area contributed by atoms with Gasteiger partial charge in [0.2, 0.25) is 0 Å². The average Bonchev–Trinajstić information content (AvgIpc) is 3.69. The third-order valence-corrected chi connectivity index (χ3v) is 9.58. The number of rotatable bonds is 6. The summed E-state index contributed by atoms with van der Waals surface area (Å²) in [6, 6.07) is 2.80. The van der Waals surface area contributed by atoms with Crippen molar-refractivity contribution in [3.8, 4) is 11.1 Å². The monoisotopic (exact) mass is 603 g/mol. The quantitative estimate of drug-likeness (QED) is 0.215. The zero-order valence-corrected chi connectivity index (χ0v) is 25.0. The van der Waals surface area contributed by atoms with Crippen LogP contribution in [0.1, 0.15) is 24.7 Å². The molecule has 1 aromatic carbocycles. The highest BCUT2D eigenvalue weighted by atomic mass is 19.2. The van der Waals surface area contributed by atoms with Crippen LogP contribution in [0.4, 0.5) is 20.2 Å². The van der Waals surface area contributed by atoms with E-state index in [1.807, 2.05) is 0 Å². The van der Waals surface area contributed by atoms with Crippen molar-refractivity contribution in [2.75, 3.05) is 51.0 Å². The van der Waals surface area contributed by atoms with Gasteiger partial charge in [0.25, 0.3) is 0 Å². The van der Waals surface area contributed by atoms with Gasteiger partial charge in [0.1, 0.15) is 11.3 Å². The third kappa shape index (κ3) is 4.34. The molecule has 5 heterocycles. The minimum absolute atomic E-state index is 0.117. The molecule has 230 valence electrons. The van der Waals surface area contributed by atoms with Gasteiger partial charge in [-0.25, -0.2) is 18.7 Å². The Kier molecular flexibility index (Phi) is 6.83. The second-order valence-corrected chi connectivity index (χ2v) is 12.5. The Labute approximate surface area is 251 Å². The van der Waals surface area contributed by atoms with Crippen LogP contribution >= 0.6 is 0 Å². The summed E-state index contributed by atoms with van der Waals surface area (Å²) in [7, 11) is 7.51. The van der Waals surface area contributed by atoms with Crippen molar-refractivity contribution in [3.63, 3.8) is 0 Å². The number of benzene rings is 1. The van der Waals surface area contributed by atoms with Crippen molar-refractivity contribution in [2.45, 2.75) is 19.1 Å². The number of aromatic nitrogens is 4. The van der Waals surface area contributed by atoms with Gasteiger partial charge in [-0.05, 0) is 50.8 Å². The lowest BCUT2D eigenvalue weighted by Gasteiger charge is -2.26. The summed E-state index contributed by atoms with van der Waals surface area (Å²) in [5.41, 5.74) is 2.83. The first-order valence-electron chi connectivity index (χ1n) is 14.8. The number of anilines is 2. The minimum atomic E-state index is -1.94. The second-order valence-electron chi connectivity index (χ2n) is 12.5. The number of nitrogens with zero attached hydrogens (tertiary/aromatic N) is 5. The van der Waals surface area contributed by atoms with Gasteiger partial charge in [-0.1, -0.05) is 0 Å². The van der Waals surface area contributed by atoms with Crippen LogP contribution in [0.3, 0.4) is 0 Å². The fourth-order valence-electron chi connectivity index (χ4n) is 7.66. The highest BCUT2D eigenvalue weighted by Crippen LogP contribution is 2.49. The van der Waals surface area contributed by atoms with Crippen LogP contribution in [-0.4, -0.2) is 75.4 Å². The lowest BCUT2D eigenvalue weighted by atomic mass is 9.92. The molecule has 12 heteroatoms. The van der Waals surface area contributed by atoms with Crippen molar-refractivity contribution in [1.29, 1.82) is 0 Å². The highest BCUT2D eigenvalue weighted by Gasteiger charge is 2.43. The summed E-state index contributed by atoms with van der Waals surface area (Å²) in [6.07, 6.45) is 5.00. The molecule has 2 fully saturated rings. The normalized spacial score (nSPS) is 20.2. The third-order valence-electron chi connectivity index (χ3n) is 9.58. The first kappa shape index (κ1) is 28.6. The molecular weight excluding hydrogens is 568 g/mol. The van der Waals surface area contributed by atoms with E-state index in [1.54, 1.807) is 37.1 Å². The van der Waals surface area contributed by atoms with Crippen LogP contribution in [0.2, 0.25) is 0 Å². The molecule has 10 nitrogen and oxygen atoms in total. The number of fused-ring (bicyclic) bond motifs is 5. The number of aromatic amines is 1. The number of aliphatic hydroxyl groups is 2. The first-order chi connectivity index (χ1) is 21.1. The van der Waals surface area contributed by atoms with E-state index in [1.165, 1.54) is 6.20 Å². The number of aryl methyl sites for hydroxylation is 1. The van der Waals surface area contributed by atoms with Crippen molar-refractivity contribution >= 4 is 44.3 Å². The number of pyridine rings is 3. The Hall–Kier alpha value is -4.13. The first-order valence-corrected chi connectivity index (χ1v) is 14.8. The Balaban J connectivity index is 1.50. The maximum atomic E-state index is 15.8. The summed E-state index contributed by atoms with van der Waals surface area (Å²) < 4.78 is 32.3. The van der Waals surface area contributed by atoms with Gasteiger partial charge in [0.05, 0.1) is 38.6 Å². The van der Waals surface area contributed by atoms with E-state index in [9.17, 15) is 19.4 Å². The van der Waals surface area contributed by atoms with Gasteiger partial charge in [-0.15, -0.1) is 0 Å². The van der Waals surface area contributed by atoms with Crippen molar-refractivity contribution in [1.82, 2.24) is 24.4 Å². The molecule has 2 unspecified atom stereocenters. The van der Waals surface area contributed by atoms with Crippen LogP contribution in [0, 0.1) is 29.4 Å². The lowest BCUT2D eigenvalue weighted by Crippen LogP contribution is -2.28. The van der Waals surface area contributed by atoms with E-state index in [-0.39, 0.29) is 16.3 Å². The second kappa shape index (κ2) is 10.5. The number of H-pyrrole nitrogens is 1. The van der Waals surface area contributed by atoms with E-state index in [0.717, 1.165) is 38.5 Å². The zero-order valence-electron chi connectivity index (χ0n) is 25.0. The standard InChI is InChI=1S/C32H35F2N7O3/c1-35-23-8-22(33)26(34)24-25-28(41-12-16-6-5-15(11-39(2)3)20(16)14-41)19(10-36-30(25)38-27(23)24)17-7-18-29(42)21(32(43)44)13-40(4)31(18)37-9-17/h7-10,13,15-16,20,32,35,43-44H,5-6,11-12,14H2,1-4H3,(H,36,38)/t15-,16?,20?/m0/s1. The summed E-state index contributed by atoms with van der Waals surface area (Å²) in [4.78, 5) is 30.2. The summed E-state index contributed by atoms with van der Waals surface area (Å²) in [6.45, 7) is 2.50. The molecule has 1 aliphatic heterocycles. The number of hydrogen-bond donors (Lipinski definition) is 4. The molecule has 0 bridgehead atoms. The lowest BCUT2D eigenvalue weighted by molar-refractivity contribution is -0.0435. The van der Waals surface area contributed by atoms with Gasteiger partial charge in [-0.3, -0.25) is 4.79 Å². The zero-order chi connectivity index (χ0) is 31.0. The van der Waals surface area contributed by atoms with Crippen LogP contribution in [-0.2, 0) is 7.05 Å². The molecule has 0 amide bonds. The molecule has 3 atom stereocenters. The fourth-order valence-corrected chi connectivity index (χ4v) is 7.66. The van der Waals surface area contributed by atoms with Crippen LogP contribution in [0.25, 0.3) is 44.1 Å². The predicted molar refractivity (Wildman–Crippen MR) is 167 cm³/mol. The van der Waals surface area contributed by atoms with Crippen LogP contribution < -0.4 is 15.6 Å². The smallest absolute Gasteiger partial charge is 0.199 e. The van der Waals surface area contributed by atoms with Crippen molar-refractivity contribution < 1.29 is 19.0 Å². The van der Waals surface area contributed by atoms with E-state index in [0.29, 0.717) is 62.5 Å². The topological polar surface area (TPSA) is 123 Å². The molecule has 5 aromatic rings. The molecule has 4 N–H and O–H groups in total. The van der Waals surface area contributed by atoms with E-state index < -0.39 is 23.4 Å². The molecule has 1 aliphatic carbocycles. The summed E-state index contributed by atoms with van der Waals surface area (Å²) >= 11 is 0. The molecule has 0 spiro atoms. The number of nitrogens with one attached hydrogen (secondary N) is 2. The van der Waals surface area contributed by atoms with E-state index in [2.05, 4.69) is 44.2 Å². The minimum Gasteiger partial charge on any atom is -0.386 e. The Morgan fingerprint density at radius 2 is 1.93 bits per heavy atom. The summed E-state index contributed by atoms with van der Waals surface area (Å²) in [5.74, 6) is -0.477. The molecule has 0 radical (unpaired) electrons. The Bertz CT molecular complexity index is 2000. The number of hydrogen-bond acceptors (Lipinski definition) is 8. The molecule has 2 aliphatic rings. The number of aliphatic hydroxyl groups excluding tert-OH is 1. The van der Waals surface area contributed by atoms with Crippen molar-refractivity contribution in [3.05, 3.63) is 58.1 Å². The average molecular weight is 604 g/mol. The van der Waals surface area contributed by atoms with E-state index >= 15 is 4.39 Å². The van der Waals surface area contributed by atoms with Crippen LogP contribution in [0.5, 0.6) is 0 Å². The number of halogens is 2. The molecular formula is C32H35F2N7O3. The fraction of sp³-hybridized carbons (Fsp3) is 0.406.